The minimum atomic E-state index is -0.367. The van der Waals surface area contributed by atoms with Gasteiger partial charge in [0.15, 0.2) is 11.6 Å². The minimum Gasteiger partial charge on any atom is -0.354 e. The second-order valence-corrected chi connectivity index (χ2v) is 7.17. The highest BCUT2D eigenvalue weighted by molar-refractivity contribution is 6.30. The van der Waals surface area contributed by atoms with Gasteiger partial charge in [-0.15, -0.1) is 0 Å². The van der Waals surface area contributed by atoms with Gasteiger partial charge in [-0.05, 0) is 37.7 Å². The quantitative estimate of drug-likeness (QED) is 0.844. The van der Waals surface area contributed by atoms with Gasteiger partial charge in [0.2, 0.25) is 5.91 Å². The van der Waals surface area contributed by atoms with Crippen molar-refractivity contribution in [1.29, 1.82) is 0 Å². The summed E-state index contributed by atoms with van der Waals surface area (Å²) in [5.74, 6) is 1.05. The van der Waals surface area contributed by atoms with Crippen LogP contribution in [-0.4, -0.2) is 42.5 Å². The lowest BCUT2D eigenvalue weighted by Crippen LogP contribution is -2.42. The van der Waals surface area contributed by atoms with Gasteiger partial charge in [-0.25, -0.2) is 9.37 Å². The summed E-state index contributed by atoms with van der Waals surface area (Å²) in [4.78, 5) is 20.2. The van der Waals surface area contributed by atoms with Gasteiger partial charge in [-0.2, -0.15) is 0 Å². The molecule has 1 aliphatic heterocycles. The SMILES string of the molecule is CN(CC1CCN(c2ncc(Cl)cc2F)CC1)C(=O)C1CCC1. The molecule has 2 fully saturated rings. The van der Waals surface area contributed by atoms with Gasteiger partial charge in [-0.3, -0.25) is 4.79 Å². The third kappa shape index (κ3) is 3.77. The molecule has 3 rings (SSSR count). The molecular formula is C17H23ClFN3O. The third-order valence-electron chi connectivity index (χ3n) is 5.07. The number of piperidine rings is 1. The van der Waals surface area contributed by atoms with E-state index in [2.05, 4.69) is 4.98 Å². The van der Waals surface area contributed by atoms with E-state index in [1.807, 2.05) is 16.8 Å². The normalized spacial score (nSPS) is 19.5. The first-order chi connectivity index (χ1) is 11.0. The second-order valence-electron chi connectivity index (χ2n) is 6.74. The maximum atomic E-state index is 13.9. The van der Waals surface area contributed by atoms with Crippen molar-refractivity contribution in [2.45, 2.75) is 32.1 Å². The average Bonchev–Trinajstić information content (AvgIpc) is 2.46. The van der Waals surface area contributed by atoms with Crippen molar-refractivity contribution in [2.75, 3.05) is 31.6 Å². The molecule has 1 saturated carbocycles. The summed E-state index contributed by atoms with van der Waals surface area (Å²) in [7, 11) is 1.91. The zero-order valence-electron chi connectivity index (χ0n) is 13.5. The highest BCUT2D eigenvalue weighted by Crippen LogP contribution is 2.29. The molecule has 23 heavy (non-hydrogen) atoms. The molecule has 1 aliphatic carbocycles. The zero-order valence-corrected chi connectivity index (χ0v) is 14.2. The van der Waals surface area contributed by atoms with E-state index in [0.717, 1.165) is 45.3 Å². The molecule has 1 saturated heterocycles. The predicted octanol–water partition coefficient (Wildman–Crippen LogP) is 3.35. The molecule has 6 heteroatoms. The third-order valence-corrected chi connectivity index (χ3v) is 5.27. The molecular weight excluding hydrogens is 317 g/mol. The van der Waals surface area contributed by atoms with Crippen LogP contribution in [-0.2, 0) is 4.79 Å². The number of carbonyl (C=O) groups excluding carboxylic acids is 1. The Kier molecular flexibility index (Phi) is 5.05. The highest BCUT2D eigenvalue weighted by Gasteiger charge is 2.30. The lowest BCUT2D eigenvalue weighted by molar-refractivity contribution is -0.137. The number of halogens is 2. The summed E-state index contributed by atoms with van der Waals surface area (Å²) in [6.45, 7) is 2.34. The maximum absolute atomic E-state index is 13.9. The van der Waals surface area contributed by atoms with E-state index >= 15 is 0 Å². The van der Waals surface area contributed by atoms with E-state index in [1.165, 1.54) is 18.7 Å². The van der Waals surface area contributed by atoms with Crippen molar-refractivity contribution in [2.24, 2.45) is 11.8 Å². The Morgan fingerprint density at radius 2 is 2.09 bits per heavy atom. The van der Waals surface area contributed by atoms with Gasteiger partial charge >= 0.3 is 0 Å². The average molecular weight is 340 g/mol. The van der Waals surface area contributed by atoms with Crippen molar-refractivity contribution in [3.05, 3.63) is 23.1 Å². The van der Waals surface area contributed by atoms with Crippen molar-refractivity contribution < 1.29 is 9.18 Å². The summed E-state index contributed by atoms with van der Waals surface area (Å²) in [5, 5.41) is 0.317. The summed E-state index contributed by atoms with van der Waals surface area (Å²) in [6.07, 6.45) is 6.66. The first-order valence-electron chi connectivity index (χ1n) is 8.35. The van der Waals surface area contributed by atoms with Crippen LogP contribution in [0.4, 0.5) is 10.2 Å². The van der Waals surface area contributed by atoms with Crippen LogP contribution in [0.25, 0.3) is 0 Å². The van der Waals surface area contributed by atoms with Gasteiger partial charge in [0, 0.05) is 38.8 Å². The Balaban J connectivity index is 1.51. The Hall–Kier alpha value is -1.36. The molecule has 0 bridgehead atoms. The number of amides is 1. The number of anilines is 1. The van der Waals surface area contributed by atoms with Crippen LogP contribution < -0.4 is 4.90 Å². The topological polar surface area (TPSA) is 36.4 Å². The van der Waals surface area contributed by atoms with Crippen molar-refractivity contribution >= 4 is 23.3 Å². The van der Waals surface area contributed by atoms with Crippen molar-refractivity contribution in [1.82, 2.24) is 9.88 Å². The van der Waals surface area contributed by atoms with E-state index in [4.69, 9.17) is 11.6 Å². The van der Waals surface area contributed by atoms with E-state index in [9.17, 15) is 9.18 Å². The van der Waals surface area contributed by atoms with Gasteiger partial charge in [-0.1, -0.05) is 18.0 Å². The van der Waals surface area contributed by atoms with E-state index in [-0.39, 0.29) is 11.7 Å². The largest absolute Gasteiger partial charge is 0.354 e. The smallest absolute Gasteiger partial charge is 0.225 e. The first kappa shape index (κ1) is 16.5. The first-order valence-corrected chi connectivity index (χ1v) is 8.73. The molecule has 1 aromatic heterocycles. The number of hydrogen-bond donors (Lipinski definition) is 0. The van der Waals surface area contributed by atoms with Crippen LogP contribution >= 0.6 is 11.6 Å². The molecule has 2 heterocycles. The molecule has 4 nitrogen and oxygen atoms in total. The standard InChI is InChI=1S/C17H23ClFN3O/c1-21(17(23)13-3-2-4-13)11-12-5-7-22(8-6-12)16-15(19)9-14(18)10-20-16/h9-10,12-13H,2-8,11H2,1H3. The number of aromatic nitrogens is 1. The molecule has 0 radical (unpaired) electrons. The van der Waals surface area contributed by atoms with Gasteiger partial charge in [0.05, 0.1) is 5.02 Å². The summed E-state index contributed by atoms with van der Waals surface area (Å²) in [5.41, 5.74) is 0. The molecule has 126 valence electrons. The fourth-order valence-electron chi connectivity index (χ4n) is 3.41. The van der Waals surface area contributed by atoms with Crippen LogP contribution in [0.15, 0.2) is 12.3 Å². The summed E-state index contributed by atoms with van der Waals surface area (Å²) in [6, 6.07) is 1.31. The summed E-state index contributed by atoms with van der Waals surface area (Å²) >= 11 is 5.75. The summed E-state index contributed by atoms with van der Waals surface area (Å²) < 4.78 is 13.9. The van der Waals surface area contributed by atoms with E-state index in [0.29, 0.717) is 22.7 Å². The van der Waals surface area contributed by atoms with Crippen LogP contribution in [0.5, 0.6) is 0 Å². The number of nitrogens with zero attached hydrogens (tertiary/aromatic N) is 3. The Labute approximate surface area is 141 Å². The Morgan fingerprint density at radius 3 is 2.65 bits per heavy atom. The molecule has 0 unspecified atom stereocenters. The van der Waals surface area contributed by atoms with Crippen LogP contribution in [0, 0.1) is 17.7 Å². The molecule has 0 aromatic carbocycles. The second kappa shape index (κ2) is 7.04. The highest BCUT2D eigenvalue weighted by atomic mass is 35.5. The Bertz CT molecular complexity index is 571. The maximum Gasteiger partial charge on any atom is 0.225 e. The van der Waals surface area contributed by atoms with Crippen molar-refractivity contribution in [3.63, 3.8) is 0 Å². The van der Waals surface area contributed by atoms with Crippen LogP contribution in [0.3, 0.4) is 0 Å². The minimum absolute atomic E-state index is 0.257. The van der Waals surface area contributed by atoms with Gasteiger partial charge in [0.25, 0.3) is 0 Å². The zero-order chi connectivity index (χ0) is 16.4. The van der Waals surface area contributed by atoms with Crippen LogP contribution in [0.1, 0.15) is 32.1 Å². The fourth-order valence-corrected chi connectivity index (χ4v) is 3.56. The predicted molar refractivity (Wildman–Crippen MR) is 89.1 cm³/mol. The number of pyridine rings is 1. The van der Waals surface area contributed by atoms with E-state index < -0.39 is 0 Å². The molecule has 0 atom stereocenters. The molecule has 1 aromatic rings. The lowest BCUT2D eigenvalue weighted by atomic mass is 9.84. The van der Waals surface area contributed by atoms with Crippen molar-refractivity contribution in [3.8, 4) is 0 Å². The molecule has 1 amide bonds. The van der Waals surface area contributed by atoms with Gasteiger partial charge in [0.1, 0.15) is 0 Å². The van der Waals surface area contributed by atoms with Gasteiger partial charge < -0.3 is 9.80 Å². The fraction of sp³-hybridized carbons (Fsp3) is 0.647. The molecule has 2 aliphatic rings. The number of hydrogen-bond acceptors (Lipinski definition) is 3. The Morgan fingerprint density at radius 1 is 1.39 bits per heavy atom. The molecule has 0 N–H and O–H groups in total. The van der Waals surface area contributed by atoms with E-state index in [1.54, 1.807) is 0 Å². The number of carbonyl (C=O) groups is 1. The monoisotopic (exact) mass is 339 g/mol. The lowest BCUT2D eigenvalue weighted by Gasteiger charge is -2.36. The number of rotatable bonds is 4. The van der Waals surface area contributed by atoms with Crippen LogP contribution in [0.2, 0.25) is 5.02 Å². The molecule has 0 spiro atoms.